The van der Waals surface area contributed by atoms with Crippen LogP contribution in [0, 0.1) is 5.92 Å². The van der Waals surface area contributed by atoms with Crippen LogP contribution in [-0.2, 0) is 0 Å². The summed E-state index contributed by atoms with van der Waals surface area (Å²) in [6, 6.07) is 2.05. The molecule has 2 rings (SSSR count). The molecule has 3 N–H and O–H groups in total. The first kappa shape index (κ1) is 9.47. The Balaban J connectivity index is 1.64. The Hall–Kier alpha value is -0.0800. The van der Waals surface area contributed by atoms with Gasteiger partial charge in [0.1, 0.15) is 0 Å². The third-order valence-electron chi connectivity index (χ3n) is 3.51. The van der Waals surface area contributed by atoms with Crippen molar-refractivity contribution < 1.29 is 0 Å². The van der Waals surface area contributed by atoms with Gasteiger partial charge in [-0.1, -0.05) is 13.3 Å². The molecule has 2 saturated carbocycles. The Morgan fingerprint density at radius 2 is 2.15 bits per heavy atom. The Labute approximate surface area is 81.3 Å². The molecule has 0 bridgehead atoms. The van der Waals surface area contributed by atoms with Crippen LogP contribution in [0.1, 0.15) is 45.4 Å². The van der Waals surface area contributed by atoms with Crippen LogP contribution in [0.3, 0.4) is 0 Å². The van der Waals surface area contributed by atoms with E-state index in [2.05, 4.69) is 12.2 Å². The van der Waals surface area contributed by atoms with Crippen LogP contribution in [-0.4, -0.2) is 18.1 Å². The lowest BCUT2D eigenvalue weighted by Crippen LogP contribution is -2.31. The maximum atomic E-state index is 5.87. The molecule has 0 aromatic heterocycles. The highest BCUT2D eigenvalue weighted by molar-refractivity contribution is 4.96. The number of nitrogens with two attached hydrogens (primary N) is 1. The minimum absolute atomic E-state index is 0.473. The Morgan fingerprint density at radius 3 is 2.77 bits per heavy atom. The van der Waals surface area contributed by atoms with Gasteiger partial charge in [-0.3, -0.25) is 0 Å². The lowest BCUT2D eigenvalue weighted by atomic mass is 10.2. The molecule has 0 saturated heterocycles. The molecular formula is C11H22N2. The smallest absolute Gasteiger partial charge is 0.0102 e. The second-order valence-electron chi connectivity index (χ2n) is 4.83. The Bertz CT molecular complexity index is 169. The SMILES string of the molecule is CCCC1CC1NC1CCC(N)C1. The van der Waals surface area contributed by atoms with Crippen LogP contribution in [0.5, 0.6) is 0 Å². The molecule has 76 valence electrons. The topological polar surface area (TPSA) is 38.0 Å². The highest BCUT2D eigenvalue weighted by Gasteiger charge is 2.38. The van der Waals surface area contributed by atoms with Gasteiger partial charge in [-0.25, -0.2) is 0 Å². The van der Waals surface area contributed by atoms with Gasteiger partial charge in [0, 0.05) is 18.1 Å². The van der Waals surface area contributed by atoms with Gasteiger partial charge in [-0.05, 0) is 38.0 Å². The molecule has 2 aliphatic carbocycles. The molecule has 4 atom stereocenters. The van der Waals surface area contributed by atoms with E-state index >= 15 is 0 Å². The van der Waals surface area contributed by atoms with Crippen LogP contribution < -0.4 is 11.1 Å². The number of hydrogen-bond acceptors (Lipinski definition) is 2. The van der Waals surface area contributed by atoms with Gasteiger partial charge in [-0.15, -0.1) is 0 Å². The minimum atomic E-state index is 0.473. The molecule has 0 aromatic carbocycles. The standard InChI is InChI=1S/C11H22N2/c1-2-3-8-6-11(8)13-10-5-4-9(12)7-10/h8-11,13H,2-7,12H2,1H3. The maximum Gasteiger partial charge on any atom is 0.0102 e. The Kier molecular flexibility index (Phi) is 2.89. The van der Waals surface area contributed by atoms with Crippen molar-refractivity contribution >= 4 is 0 Å². The van der Waals surface area contributed by atoms with E-state index in [4.69, 9.17) is 5.73 Å². The number of hydrogen-bond donors (Lipinski definition) is 2. The summed E-state index contributed by atoms with van der Waals surface area (Å²) >= 11 is 0. The highest BCUT2D eigenvalue weighted by Crippen LogP contribution is 2.36. The summed E-state index contributed by atoms with van der Waals surface area (Å²) in [4.78, 5) is 0. The molecule has 4 unspecified atom stereocenters. The van der Waals surface area contributed by atoms with Gasteiger partial charge in [0.15, 0.2) is 0 Å². The lowest BCUT2D eigenvalue weighted by molar-refractivity contribution is 0.489. The van der Waals surface area contributed by atoms with Gasteiger partial charge in [0.2, 0.25) is 0 Å². The summed E-state index contributed by atoms with van der Waals surface area (Å²) in [5.74, 6) is 0.988. The third kappa shape index (κ3) is 2.44. The van der Waals surface area contributed by atoms with Crippen molar-refractivity contribution in [3.8, 4) is 0 Å². The van der Waals surface area contributed by atoms with E-state index in [0.717, 1.165) is 18.0 Å². The zero-order valence-corrected chi connectivity index (χ0v) is 8.63. The fraction of sp³-hybridized carbons (Fsp3) is 1.00. The maximum absolute atomic E-state index is 5.87. The van der Waals surface area contributed by atoms with Gasteiger partial charge < -0.3 is 11.1 Å². The first-order chi connectivity index (χ1) is 6.29. The molecule has 2 heteroatoms. The molecule has 0 heterocycles. The van der Waals surface area contributed by atoms with E-state index in [1.54, 1.807) is 0 Å². The first-order valence-corrected chi connectivity index (χ1v) is 5.81. The normalized spacial score (nSPS) is 43.8. The van der Waals surface area contributed by atoms with Gasteiger partial charge >= 0.3 is 0 Å². The van der Waals surface area contributed by atoms with E-state index < -0.39 is 0 Å². The summed E-state index contributed by atoms with van der Waals surface area (Å²) in [5, 5.41) is 3.74. The van der Waals surface area contributed by atoms with Crippen molar-refractivity contribution in [2.75, 3.05) is 0 Å². The molecule has 0 aliphatic heterocycles. The molecule has 13 heavy (non-hydrogen) atoms. The predicted molar refractivity (Wildman–Crippen MR) is 55.6 cm³/mol. The van der Waals surface area contributed by atoms with E-state index in [1.807, 2.05) is 0 Å². The molecule has 2 nitrogen and oxygen atoms in total. The fourth-order valence-corrected chi connectivity index (χ4v) is 2.61. The van der Waals surface area contributed by atoms with Crippen molar-refractivity contribution in [3.63, 3.8) is 0 Å². The summed E-state index contributed by atoms with van der Waals surface area (Å²) in [7, 11) is 0. The summed E-state index contributed by atoms with van der Waals surface area (Å²) < 4.78 is 0. The third-order valence-corrected chi connectivity index (χ3v) is 3.51. The average molecular weight is 182 g/mol. The molecule has 0 amide bonds. The summed E-state index contributed by atoms with van der Waals surface area (Å²) in [5.41, 5.74) is 5.87. The average Bonchev–Trinajstić information content (AvgIpc) is 2.66. The van der Waals surface area contributed by atoms with Crippen molar-refractivity contribution in [2.45, 2.75) is 63.6 Å². The zero-order chi connectivity index (χ0) is 9.26. The quantitative estimate of drug-likeness (QED) is 0.693. The second kappa shape index (κ2) is 3.97. The molecule has 0 radical (unpaired) electrons. The van der Waals surface area contributed by atoms with Gasteiger partial charge in [0.25, 0.3) is 0 Å². The van der Waals surface area contributed by atoms with Crippen LogP contribution in [0.25, 0.3) is 0 Å². The largest absolute Gasteiger partial charge is 0.328 e. The van der Waals surface area contributed by atoms with Crippen LogP contribution >= 0.6 is 0 Å². The van der Waals surface area contributed by atoms with Crippen molar-refractivity contribution in [1.29, 1.82) is 0 Å². The van der Waals surface area contributed by atoms with Crippen molar-refractivity contribution in [3.05, 3.63) is 0 Å². The second-order valence-corrected chi connectivity index (χ2v) is 4.83. The lowest BCUT2D eigenvalue weighted by Gasteiger charge is -2.11. The van der Waals surface area contributed by atoms with Crippen molar-refractivity contribution in [2.24, 2.45) is 11.7 Å². The first-order valence-electron chi connectivity index (χ1n) is 5.81. The minimum Gasteiger partial charge on any atom is -0.328 e. The van der Waals surface area contributed by atoms with Gasteiger partial charge in [-0.2, -0.15) is 0 Å². The summed E-state index contributed by atoms with van der Waals surface area (Å²) in [6.45, 7) is 2.28. The van der Waals surface area contributed by atoms with E-state index in [9.17, 15) is 0 Å². The zero-order valence-electron chi connectivity index (χ0n) is 8.63. The number of rotatable bonds is 4. The number of nitrogens with one attached hydrogen (secondary N) is 1. The molecule has 0 spiro atoms. The fourth-order valence-electron chi connectivity index (χ4n) is 2.61. The van der Waals surface area contributed by atoms with Crippen LogP contribution in [0.15, 0.2) is 0 Å². The predicted octanol–water partition coefficient (Wildman–Crippen LogP) is 1.64. The molecular weight excluding hydrogens is 160 g/mol. The van der Waals surface area contributed by atoms with Crippen molar-refractivity contribution in [1.82, 2.24) is 5.32 Å². The monoisotopic (exact) mass is 182 g/mol. The van der Waals surface area contributed by atoms with Gasteiger partial charge in [0.05, 0.1) is 0 Å². The van der Waals surface area contributed by atoms with E-state index in [1.165, 1.54) is 38.5 Å². The molecule has 0 aromatic rings. The summed E-state index contributed by atoms with van der Waals surface area (Å²) in [6.07, 6.45) is 7.90. The molecule has 2 aliphatic rings. The van der Waals surface area contributed by atoms with E-state index in [0.29, 0.717) is 6.04 Å². The van der Waals surface area contributed by atoms with E-state index in [-0.39, 0.29) is 0 Å². The molecule has 2 fully saturated rings. The van der Waals surface area contributed by atoms with Crippen LogP contribution in [0.2, 0.25) is 0 Å². The highest BCUT2D eigenvalue weighted by atomic mass is 15.0. The Morgan fingerprint density at radius 1 is 1.31 bits per heavy atom. The van der Waals surface area contributed by atoms with Crippen LogP contribution in [0.4, 0.5) is 0 Å².